The lowest BCUT2D eigenvalue weighted by atomic mass is 10.1. The van der Waals surface area contributed by atoms with Gasteiger partial charge in [-0.3, -0.25) is 24.0 Å². The molecule has 0 aromatic heterocycles. The number of carboxylic acid groups (broad SMARTS) is 4. The molecule has 240 valence electrons. The molecule has 18 heteroatoms. The van der Waals surface area contributed by atoms with Crippen LogP contribution in [0.4, 0.5) is 0 Å². The van der Waals surface area contributed by atoms with Gasteiger partial charge >= 0.3 is 23.9 Å². The van der Waals surface area contributed by atoms with E-state index in [1.54, 1.807) is 0 Å². The highest BCUT2D eigenvalue weighted by Gasteiger charge is 2.25. The number of hydrogen-bond acceptors (Lipinski definition) is 9. The van der Waals surface area contributed by atoms with Gasteiger partial charge in [-0.1, -0.05) is 11.5 Å². The molecule has 3 amide bonds. The minimum atomic E-state index is -1.58. The van der Waals surface area contributed by atoms with Crippen molar-refractivity contribution in [3.8, 4) is 5.75 Å². The van der Waals surface area contributed by atoms with Gasteiger partial charge in [-0.05, 0) is 49.4 Å². The summed E-state index contributed by atoms with van der Waals surface area (Å²) in [5.74, 6) is -7.93. The quantitative estimate of drug-likeness (QED) is 0.0414. The van der Waals surface area contributed by atoms with Crippen LogP contribution in [0.5, 0.6) is 5.75 Å². The highest BCUT2D eigenvalue weighted by molar-refractivity contribution is 6.02. The highest BCUT2D eigenvalue weighted by atomic mass is 16.5. The Bertz CT molecular complexity index is 1200. The van der Waals surface area contributed by atoms with Crippen LogP contribution in [-0.2, 0) is 24.0 Å². The zero-order chi connectivity index (χ0) is 33.1. The fourth-order valence-electron chi connectivity index (χ4n) is 3.62. The van der Waals surface area contributed by atoms with Gasteiger partial charge < -0.3 is 41.1 Å². The first-order valence-corrected chi connectivity index (χ1v) is 13.4. The van der Waals surface area contributed by atoms with Gasteiger partial charge in [0.2, 0.25) is 5.91 Å². The average Bonchev–Trinajstić information content (AvgIpc) is 2.96. The van der Waals surface area contributed by atoms with Crippen molar-refractivity contribution in [2.75, 3.05) is 19.7 Å². The third-order valence-electron chi connectivity index (χ3n) is 5.85. The summed E-state index contributed by atoms with van der Waals surface area (Å²) < 4.78 is 5.56. The number of carbonyl (C=O) groups is 7. The lowest BCUT2D eigenvalue weighted by molar-refractivity contribution is -0.142. The SMILES string of the molecule is [N-]=[N+]=NCCCCCC(=O)NCCOc1cc(C(=O)NC(CCC(=O)O)C(=O)O)cc(C(=O)NC(CCC(=O)O)C(=O)O)c1. The summed E-state index contributed by atoms with van der Waals surface area (Å²) in [5.41, 5.74) is 7.68. The summed E-state index contributed by atoms with van der Waals surface area (Å²) in [5, 5.41) is 46.8. The van der Waals surface area contributed by atoms with Gasteiger partial charge in [0.05, 0.1) is 6.54 Å². The van der Waals surface area contributed by atoms with E-state index in [0.29, 0.717) is 25.8 Å². The molecular formula is C26H34N6O12. The third-order valence-corrected chi connectivity index (χ3v) is 5.85. The molecular weight excluding hydrogens is 588 g/mol. The van der Waals surface area contributed by atoms with E-state index in [4.69, 9.17) is 20.5 Å². The van der Waals surface area contributed by atoms with Crippen LogP contribution in [0.1, 0.15) is 72.1 Å². The van der Waals surface area contributed by atoms with E-state index in [0.717, 1.165) is 18.2 Å². The van der Waals surface area contributed by atoms with Crippen molar-refractivity contribution in [3.63, 3.8) is 0 Å². The van der Waals surface area contributed by atoms with E-state index in [2.05, 4.69) is 26.0 Å². The summed E-state index contributed by atoms with van der Waals surface area (Å²) in [6, 6.07) is 0.178. The Hall–Kier alpha value is -5.38. The van der Waals surface area contributed by atoms with Crippen LogP contribution in [0, 0.1) is 0 Å². The number of carboxylic acids is 4. The monoisotopic (exact) mass is 622 g/mol. The second-order valence-electron chi connectivity index (χ2n) is 9.30. The maximum Gasteiger partial charge on any atom is 0.326 e. The van der Waals surface area contributed by atoms with Crippen LogP contribution in [0.15, 0.2) is 23.3 Å². The maximum atomic E-state index is 12.9. The van der Waals surface area contributed by atoms with Gasteiger partial charge in [-0.25, -0.2) is 9.59 Å². The van der Waals surface area contributed by atoms with Gasteiger partial charge in [-0.15, -0.1) is 0 Å². The first-order valence-electron chi connectivity index (χ1n) is 13.4. The molecule has 0 saturated carbocycles. The molecule has 0 spiro atoms. The standard InChI is InChI=1S/C26H34N6O12/c27-32-29-9-3-1-2-4-20(33)28-10-11-44-17-13-15(23(38)30-18(25(40)41)5-7-21(34)35)12-16(14-17)24(39)31-19(26(42)43)6-8-22(36)37/h12-14,18-19H,1-11H2,(H,28,33)(H,30,38)(H,31,39)(H,34,35)(H,36,37)(H,40,41)(H,42,43). The number of nitrogens with one attached hydrogen (secondary N) is 3. The lowest BCUT2D eigenvalue weighted by Gasteiger charge is -2.17. The number of carbonyl (C=O) groups excluding carboxylic acids is 3. The van der Waals surface area contributed by atoms with Crippen molar-refractivity contribution < 1.29 is 58.7 Å². The molecule has 0 aliphatic rings. The van der Waals surface area contributed by atoms with Gasteiger partial charge in [0, 0.05) is 41.8 Å². The zero-order valence-electron chi connectivity index (χ0n) is 23.6. The van der Waals surface area contributed by atoms with Crippen LogP contribution in [0.3, 0.4) is 0 Å². The molecule has 44 heavy (non-hydrogen) atoms. The summed E-state index contributed by atoms with van der Waals surface area (Å²) in [7, 11) is 0. The van der Waals surface area contributed by atoms with Crippen LogP contribution < -0.4 is 20.7 Å². The molecule has 0 heterocycles. The molecule has 1 aromatic carbocycles. The van der Waals surface area contributed by atoms with Crippen molar-refractivity contribution in [1.82, 2.24) is 16.0 Å². The summed E-state index contributed by atoms with van der Waals surface area (Å²) in [4.78, 5) is 85.2. The fourth-order valence-corrected chi connectivity index (χ4v) is 3.62. The highest BCUT2D eigenvalue weighted by Crippen LogP contribution is 2.19. The van der Waals surface area contributed by atoms with E-state index in [1.165, 1.54) is 0 Å². The number of nitrogens with zero attached hydrogens (tertiary/aromatic N) is 3. The molecule has 1 rings (SSSR count). The molecule has 7 N–H and O–H groups in total. The fraction of sp³-hybridized carbons (Fsp3) is 0.500. The Morgan fingerprint density at radius 2 is 1.30 bits per heavy atom. The van der Waals surface area contributed by atoms with E-state index in [-0.39, 0.29) is 42.4 Å². The molecule has 0 aliphatic carbocycles. The van der Waals surface area contributed by atoms with Gasteiger partial charge in [-0.2, -0.15) is 0 Å². The Kier molecular flexibility index (Phi) is 16.4. The second-order valence-corrected chi connectivity index (χ2v) is 9.30. The molecule has 0 aliphatic heterocycles. The molecule has 2 atom stereocenters. The van der Waals surface area contributed by atoms with Crippen molar-refractivity contribution in [2.24, 2.45) is 5.11 Å². The smallest absolute Gasteiger partial charge is 0.326 e. The number of azide groups is 1. The number of amides is 3. The lowest BCUT2D eigenvalue weighted by Crippen LogP contribution is -2.42. The van der Waals surface area contributed by atoms with Crippen molar-refractivity contribution >= 4 is 41.6 Å². The maximum absolute atomic E-state index is 12.9. The summed E-state index contributed by atoms with van der Waals surface area (Å²) in [6.07, 6.45) is 0.131. The predicted octanol–water partition coefficient (Wildman–Crippen LogP) is 1.15. The number of rotatable bonds is 22. The number of unbranched alkanes of at least 4 members (excludes halogenated alkanes) is 2. The summed E-state index contributed by atoms with van der Waals surface area (Å²) in [6.45, 7) is 0.241. The number of hydrogen-bond donors (Lipinski definition) is 7. The number of aliphatic carboxylic acids is 4. The first-order chi connectivity index (χ1) is 20.8. The largest absolute Gasteiger partial charge is 0.492 e. The molecule has 2 unspecified atom stereocenters. The normalized spacial score (nSPS) is 11.6. The molecule has 0 radical (unpaired) electrons. The van der Waals surface area contributed by atoms with E-state index in [9.17, 15) is 43.8 Å². The average molecular weight is 623 g/mol. The Balaban J connectivity index is 3.04. The van der Waals surface area contributed by atoms with Crippen LogP contribution >= 0.6 is 0 Å². The van der Waals surface area contributed by atoms with Crippen LogP contribution in [-0.4, -0.2) is 93.8 Å². The molecule has 0 saturated heterocycles. The van der Waals surface area contributed by atoms with Crippen molar-refractivity contribution in [3.05, 3.63) is 39.8 Å². The van der Waals surface area contributed by atoms with E-state index >= 15 is 0 Å². The number of benzene rings is 1. The molecule has 1 aromatic rings. The van der Waals surface area contributed by atoms with Crippen LogP contribution in [0.2, 0.25) is 0 Å². The van der Waals surface area contributed by atoms with Gasteiger partial charge in [0.1, 0.15) is 24.4 Å². The van der Waals surface area contributed by atoms with Gasteiger partial charge in [0.15, 0.2) is 0 Å². The molecule has 18 nitrogen and oxygen atoms in total. The minimum Gasteiger partial charge on any atom is -0.492 e. The summed E-state index contributed by atoms with van der Waals surface area (Å²) >= 11 is 0. The van der Waals surface area contributed by atoms with Crippen molar-refractivity contribution in [2.45, 2.75) is 63.5 Å². The first kappa shape index (κ1) is 36.6. The Morgan fingerprint density at radius 1 is 0.773 bits per heavy atom. The Morgan fingerprint density at radius 3 is 1.75 bits per heavy atom. The predicted molar refractivity (Wildman–Crippen MR) is 149 cm³/mol. The third kappa shape index (κ3) is 15.0. The van der Waals surface area contributed by atoms with E-state index in [1.807, 2.05) is 0 Å². The number of ether oxygens (including phenoxy) is 1. The van der Waals surface area contributed by atoms with Crippen molar-refractivity contribution in [1.29, 1.82) is 0 Å². The minimum absolute atomic E-state index is 0.0298. The Labute approximate surface area is 250 Å². The molecule has 0 fully saturated rings. The van der Waals surface area contributed by atoms with Crippen LogP contribution in [0.25, 0.3) is 10.4 Å². The topological polar surface area (TPSA) is 294 Å². The second kappa shape index (κ2) is 19.7. The van der Waals surface area contributed by atoms with E-state index < -0.39 is 73.5 Å². The zero-order valence-corrected chi connectivity index (χ0v) is 23.6. The van der Waals surface area contributed by atoms with Gasteiger partial charge in [0.25, 0.3) is 11.8 Å². The molecule has 0 bridgehead atoms.